The van der Waals surface area contributed by atoms with E-state index in [-0.39, 0.29) is 16.5 Å². The summed E-state index contributed by atoms with van der Waals surface area (Å²) in [7, 11) is 0. The molecule has 0 fully saturated rings. The Labute approximate surface area is 47.8 Å². The first-order valence-electron chi connectivity index (χ1n) is 0.698. The van der Waals surface area contributed by atoms with Crippen molar-refractivity contribution >= 4 is 0 Å². The molecule has 0 aromatic rings. The van der Waals surface area contributed by atoms with Crippen molar-refractivity contribution < 1.29 is 47.6 Å². The van der Waals surface area contributed by atoms with Gasteiger partial charge in [-0.05, 0) is 0 Å². The average Bonchev–Trinajstić information content (AvgIpc) is 0.722. The molecule has 0 spiro atoms. The third-order valence-corrected chi connectivity index (χ3v) is 0. The Morgan fingerprint density at radius 1 is 1.17 bits per heavy atom. The summed E-state index contributed by atoms with van der Waals surface area (Å²) in [6.45, 7) is 0. The maximum absolute atomic E-state index is 8.87. The second-order valence-electron chi connectivity index (χ2n) is 0.448. The fraction of sp³-hybridized carbons (Fsp3) is 0. The molecule has 0 aliphatic heterocycles. The van der Waals surface area contributed by atoms with E-state index < -0.39 is 16.7 Å². The zero-order valence-electron chi connectivity index (χ0n) is 2.44. The van der Waals surface area contributed by atoms with Crippen LogP contribution >= 0.6 is 0 Å². The van der Waals surface area contributed by atoms with Crippen LogP contribution in [0.25, 0.3) is 0 Å². The van der Waals surface area contributed by atoms with Gasteiger partial charge >= 0.3 is 31.1 Å². The minimum atomic E-state index is -5.67. The van der Waals surface area contributed by atoms with E-state index in [1.807, 2.05) is 0 Å². The summed E-state index contributed by atoms with van der Waals surface area (Å²) in [6, 6.07) is 0. The van der Waals surface area contributed by atoms with Gasteiger partial charge in [0.1, 0.15) is 0 Å². The Hall–Kier alpha value is 0.702. The average molecular weight is 309 g/mol. The fourth-order valence-electron chi connectivity index (χ4n) is 0. The van der Waals surface area contributed by atoms with Crippen LogP contribution in [0.2, 0.25) is 0 Å². The van der Waals surface area contributed by atoms with Crippen LogP contribution in [0.1, 0.15) is 0 Å². The fourth-order valence-corrected chi connectivity index (χ4v) is 0. The van der Waals surface area contributed by atoms with E-state index in [0.29, 0.717) is 0 Å². The van der Waals surface area contributed by atoms with Gasteiger partial charge in [-0.25, -0.2) is 0 Å². The Kier molecular flexibility index (Phi) is 4.61. The van der Waals surface area contributed by atoms with E-state index in [4.69, 9.17) is 14.3 Å². The van der Waals surface area contributed by atoms with Crippen molar-refractivity contribution in [2.45, 2.75) is 0 Å². The summed E-state index contributed by atoms with van der Waals surface area (Å²) >= 11 is -5.67. The molecule has 6 heteroatoms. The predicted molar refractivity (Wildman–Crippen MR) is 5.81 cm³/mol. The van der Waals surface area contributed by atoms with Gasteiger partial charge in [0, 0.05) is 16.5 Å². The molecule has 0 saturated heterocycles. The molecule has 0 amide bonds. The van der Waals surface area contributed by atoms with Crippen LogP contribution < -0.4 is 0 Å². The van der Waals surface area contributed by atoms with E-state index in [0.717, 1.165) is 0 Å². The van der Waals surface area contributed by atoms with Gasteiger partial charge in [-0.1, -0.05) is 0 Å². The second kappa shape index (κ2) is 2.81. The molecule has 4 nitrogen and oxygen atoms in total. The van der Waals surface area contributed by atoms with Crippen LogP contribution in [0.3, 0.4) is 0 Å². The van der Waals surface area contributed by atoms with E-state index in [1.54, 1.807) is 0 Å². The van der Waals surface area contributed by atoms with Crippen molar-refractivity contribution in [3.63, 3.8) is 0 Å². The van der Waals surface area contributed by atoms with Gasteiger partial charge in [0.25, 0.3) is 0 Å². The molecular weight excluding hydrogens is 307 g/mol. The molecular formula is H2NiO4W. The molecule has 0 bridgehead atoms. The van der Waals surface area contributed by atoms with E-state index >= 15 is 0 Å². The number of hydrogen-bond acceptors (Lipinski definition) is 2. The van der Waals surface area contributed by atoms with Gasteiger partial charge in [0.2, 0.25) is 0 Å². The summed E-state index contributed by atoms with van der Waals surface area (Å²) in [4.78, 5) is 0. The topological polar surface area (TPSA) is 74.6 Å². The first kappa shape index (κ1) is 9.86. The Morgan fingerprint density at radius 2 is 1.17 bits per heavy atom. The third kappa shape index (κ3) is 131. The molecule has 0 rings (SSSR count). The molecule has 0 aliphatic rings. The Balaban J connectivity index is 0. The Bertz CT molecular complexity index is 90.7. The zero-order valence-corrected chi connectivity index (χ0v) is 6.36. The van der Waals surface area contributed by atoms with Crippen molar-refractivity contribution in [2.75, 3.05) is 0 Å². The first-order valence-corrected chi connectivity index (χ1v) is 5.72. The van der Waals surface area contributed by atoms with Crippen molar-refractivity contribution in [2.24, 2.45) is 0 Å². The molecule has 0 aliphatic carbocycles. The summed E-state index contributed by atoms with van der Waals surface area (Å²) in [6.07, 6.45) is 0. The van der Waals surface area contributed by atoms with Crippen molar-refractivity contribution in [1.29, 1.82) is 0 Å². The molecule has 0 heterocycles. The summed E-state index contributed by atoms with van der Waals surface area (Å²) in [5.74, 6) is 0. The SMILES string of the molecule is [Ni].[O]=[W](=[O])([OH])[OH]. The van der Waals surface area contributed by atoms with Crippen LogP contribution in [0, 0.1) is 0 Å². The van der Waals surface area contributed by atoms with Crippen LogP contribution in [-0.2, 0) is 40.0 Å². The third-order valence-electron chi connectivity index (χ3n) is 0. The standard InChI is InChI=1S/Ni.2H2O.2O.W/h;2*1H2;;;/q;;;;;+2/p-2. The van der Waals surface area contributed by atoms with Crippen molar-refractivity contribution in [3.05, 3.63) is 0 Å². The van der Waals surface area contributed by atoms with Gasteiger partial charge in [-0.15, -0.1) is 0 Å². The maximum atomic E-state index is 8.87. The predicted octanol–water partition coefficient (Wildman–Crippen LogP) is -1.36. The van der Waals surface area contributed by atoms with Gasteiger partial charge < -0.3 is 0 Å². The van der Waals surface area contributed by atoms with E-state index in [9.17, 15) is 0 Å². The van der Waals surface area contributed by atoms with Gasteiger partial charge in [0.05, 0.1) is 0 Å². The van der Waals surface area contributed by atoms with Crippen LogP contribution in [0.5, 0.6) is 0 Å². The van der Waals surface area contributed by atoms with E-state index in [1.165, 1.54) is 0 Å². The quantitative estimate of drug-likeness (QED) is 0.542. The molecule has 0 saturated carbocycles. The normalized spacial score (nSPS) is 9.67. The van der Waals surface area contributed by atoms with Gasteiger partial charge in [-0.3, -0.25) is 0 Å². The Morgan fingerprint density at radius 3 is 1.17 bits per heavy atom. The summed E-state index contributed by atoms with van der Waals surface area (Å²) in [5, 5.41) is 0. The number of rotatable bonds is 0. The molecule has 0 aromatic heterocycles. The van der Waals surface area contributed by atoms with Gasteiger partial charge in [-0.2, -0.15) is 0 Å². The molecule has 6 heavy (non-hydrogen) atoms. The molecule has 42 valence electrons. The van der Waals surface area contributed by atoms with E-state index in [2.05, 4.69) is 0 Å². The molecule has 0 radical (unpaired) electrons. The molecule has 0 aromatic carbocycles. The summed E-state index contributed by atoms with van der Waals surface area (Å²) < 4.78 is 32.1. The molecule has 0 unspecified atom stereocenters. The van der Waals surface area contributed by atoms with Crippen LogP contribution in [-0.4, -0.2) is 7.52 Å². The molecule has 0 atom stereocenters. The number of hydrogen-bond donors (Lipinski definition) is 2. The van der Waals surface area contributed by atoms with Crippen LogP contribution in [0.4, 0.5) is 0 Å². The van der Waals surface area contributed by atoms with Crippen LogP contribution in [0.15, 0.2) is 0 Å². The van der Waals surface area contributed by atoms with Crippen molar-refractivity contribution in [3.8, 4) is 0 Å². The minimum absolute atomic E-state index is 0. The zero-order chi connectivity index (χ0) is 4.50. The second-order valence-corrected chi connectivity index (χ2v) is 3.67. The summed E-state index contributed by atoms with van der Waals surface area (Å²) in [5.41, 5.74) is 0. The van der Waals surface area contributed by atoms with Gasteiger partial charge in [0.15, 0.2) is 0 Å². The van der Waals surface area contributed by atoms with Crippen molar-refractivity contribution in [1.82, 2.24) is 0 Å². The monoisotopic (exact) mass is 308 g/mol. The first-order chi connectivity index (χ1) is 2.00. The molecule has 2 N–H and O–H groups in total.